The van der Waals surface area contributed by atoms with E-state index in [0.29, 0.717) is 6.04 Å². The van der Waals surface area contributed by atoms with Gasteiger partial charge in [-0.3, -0.25) is 14.4 Å². The Hall–Kier alpha value is -2.20. The van der Waals surface area contributed by atoms with E-state index in [0.717, 1.165) is 33.3 Å². The molecule has 0 amide bonds. The number of hydrogen-bond donors (Lipinski definition) is 0. The molecule has 0 radical (unpaired) electrons. The molecule has 3 nitrogen and oxygen atoms in total. The Morgan fingerprint density at radius 3 is 2.67 bits per heavy atom. The number of benzene rings is 1. The third kappa shape index (κ3) is 3.06. The maximum Gasteiger partial charge on any atom is 0.273 e. The van der Waals surface area contributed by atoms with Crippen LogP contribution in [0.4, 0.5) is 0 Å². The maximum atomic E-state index is 13.0. The zero-order valence-electron chi connectivity index (χ0n) is 13.5. The highest BCUT2D eigenvalue weighted by atomic mass is 32.1. The lowest BCUT2D eigenvalue weighted by atomic mass is 9.96. The van der Waals surface area contributed by atoms with Crippen molar-refractivity contribution in [2.24, 2.45) is 4.99 Å². The predicted molar refractivity (Wildman–Crippen MR) is 98.4 cm³/mol. The SMILES string of the molecule is O=C(c1cc2ccccc2s1)n1ccccc1=NC1CCCCC1. The van der Waals surface area contributed by atoms with Gasteiger partial charge in [0.05, 0.1) is 10.9 Å². The molecule has 4 heteroatoms. The minimum atomic E-state index is 0.00589. The molecule has 0 atom stereocenters. The van der Waals surface area contributed by atoms with E-state index in [-0.39, 0.29) is 5.91 Å². The molecule has 24 heavy (non-hydrogen) atoms. The second-order valence-electron chi connectivity index (χ2n) is 6.30. The second-order valence-corrected chi connectivity index (χ2v) is 7.39. The molecule has 0 N–H and O–H groups in total. The van der Waals surface area contributed by atoms with E-state index in [1.165, 1.54) is 19.3 Å². The molecule has 1 aliphatic rings. The molecule has 3 aromatic rings. The van der Waals surface area contributed by atoms with E-state index in [1.54, 1.807) is 15.9 Å². The lowest BCUT2D eigenvalue weighted by Gasteiger charge is -2.17. The van der Waals surface area contributed by atoms with Gasteiger partial charge >= 0.3 is 0 Å². The molecule has 2 aromatic heterocycles. The van der Waals surface area contributed by atoms with Gasteiger partial charge in [0.1, 0.15) is 5.49 Å². The van der Waals surface area contributed by atoms with Gasteiger partial charge in [0.15, 0.2) is 0 Å². The van der Waals surface area contributed by atoms with Gasteiger partial charge in [-0.15, -0.1) is 11.3 Å². The van der Waals surface area contributed by atoms with Crippen molar-refractivity contribution >= 4 is 27.3 Å². The Balaban J connectivity index is 1.73. The van der Waals surface area contributed by atoms with Crippen LogP contribution in [-0.2, 0) is 0 Å². The van der Waals surface area contributed by atoms with Gasteiger partial charge in [0, 0.05) is 10.9 Å². The van der Waals surface area contributed by atoms with Crippen LogP contribution in [0.1, 0.15) is 41.8 Å². The van der Waals surface area contributed by atoms with E-state index >= 15 is 0 Å². The van der Waals surface area contributed by atoms with Crippen molar-refractivity contribution in [3.63, 3.8) is 0 Å². The van der Waals surface area contributed by atoms with E-state index in [1.807, 2.05) is 48.7 Å². The van der Waals surface area contributed by atoms with E-state index in [2.05, 4.69) is 6.07 Å². The number of carbonyl (C=O) groups is 1. The first kappa shape index (κ1) is 15.3. The van der Waals surface area contributed by atoms with Gasteiger partial charge < -0.3 is 0 Å². The lowest BCUT2D eigenvalue weighted by Crippen LogP contribution is -2.28. The fourth-order valence-corrected chi connectivity index (χ4v) is 4.31. The summed E-state index contributed by atoms with van der Waals surface area (Å²) < 4.78 is 2.84. The van der Waals surface area contributed by atoms with Crippen LogP contribution in [0.15, 0.2) is 59.7 Å². The minimum absolute atomic E-state index is 0.00589. The summed E-state index contributed by atoms with van der Waals surface area (Å²) in [6.07, 6.45) is 7.88. The first-order chi connectivity index (χ1) is 11.8. The number of fused-ring (bicyclic) bond motifs is 1. The highest BCUT2D eigenvalue weighted by Crippen LogP contribution is 2.25. The van der Waals surface area contributed by atoms with Crippen LogP contribution < -0.4 is 5.49 Å². The molecule has 122 valence electrons. The molecule has 1 aliphatic carbocycles. The van der Waals surface area contributed by atoms with Crippen LogP contribution in [0.5, 0.6) is 0 Å². The number of carbonyl (C=O) groups excluding carboxylic acids is 1. The Bertz CT molecular complexity index is 899. The molecule has 0 aliphatic heterocycles. The van der Waals surface area contributed by atoms with Gasteiger partial charge in [-0.05, 0) is 42.5 Å². The van der Waals surface area contributed by atoms with Crippen molar-refractivity contribution in [1.82, 2.24) is 4.57 Å². The summed E-state index contributed by atoms with van der Waals surface area (Å²) in [7, 11) is 0. The third-order valence-electron chi connectivity index (χ3n) is 4.58. The van der Waals surface area contributed by atoms with E-state index in [4.69, 9.17) is 4.99 Å². The van der Waals surface area contributed by atoms with Crippen LogP contribution >= 0.6 is 11.3 Å². The van der Waals surface area contributed by atoms with Crippen LogP contribution in [0, 0.1) is 0 Å². The van der Waals surface area contributed by atoms with Crippen LogP contribution in [0.25, 0.3) is 10.1 Å². The average molecular weight is 336 g/mol. The number of nitrogens with zero attached hydrogens (tertiary/aromatic N) is 2. The van der Waals surface area contributed by atoms with Crippen molar-refractivity contribution < 1.29 is 4.79 Å². The zero-order valence-corrected chi connectivity index (χ0v) is 14.3. The van der Waals surface area contributed by atoms with Crippen LogP contribution in [0.2, 0.25) is 0 Å². The molecule has 1 saturated carbocycles. The summed E-state index contributed by atoms with van der Waals surface area (Å²) >= 11 is 1.54. The molecule has 2 heterocycles. The molecule has 0 spiro atoms. The normalized spacial score (nSPS) is 16.6. The third-order valence-corrected chi connectivity index (χ3v) is 5.69. The molecule has 1 fully saturated rings. The largest absolute Gasteiger partial charge is 0.273 e. The molecular weight excluding hydrogens is 316 g/mol. The fourth-order valence-electron chi connectivity index (χ4n) is 3.31. The number of pyridine rings is 1. The summed E-state index contributed by atoms with van der Waals surface area (Å²) in [5.41, 5.74) is 0.770. The molecule has 0 saturated heterocycles. The molecule has 0 unspecified atom stereocenters. The minimum Gasteiger partial charge on any atom is -0.267 e. The quantitative estimate of drug-likeness (QED) is 0.672. The van der Waals surface area contributed by atoms with Crippen molar-refractivity contribution in [3.8, 4) is 0 Å². The Kier molecular flexibility index (Phi) is 4.30. The number of aromatic nitrogens is 1. The highest BCUT2D eigenvalue weighted by molar-refractivity contribution is 7.20. The molecular formula is C20H20N2OS. The van der Waals surface area contributed by atoms with Gasteiger partial charge in [-0.1, -0.05) is 43.5 Å². The van der Waals surface area contributed by atoms with Crippen molar-refractivity contribution in [2.75, 3.05) is 0 Å². The van der Waals surface area contributed by atoms with Gasteiger partial charge in [0.25, 0.3) is 5.91 Å². The number of hydrogen-bond acceptors (Lipinski definition) is 3. The Morgan fingerprint density at radius 1 is 1.04 bits per heavy atom. The summed E-state index contributed by atoms with van der Waals surface area (Å²) in [5.74, 6) is 0.00589. The number of thiophene rings is 1. The van der Waals surface area contributed by atoms with Crippen molar-refractivity contribution in [2.45, 2.75) is 38.1 Å². The summed E-state index contributed by atoms with van der Waals surface area (Å²) in [6.45, 7) is 0. The van der Waals surface area contributed by atoms with Crippen LogP contribution in [-0.4, -0.2) is 16.5 Å². The zero-order chi connectivity index (χ0) is 16.4. The Labute approximate surface area is 145 Å². The average Bonchev–Trinajstić information content (AvgIpc) is 3.07. The maximum absolute atomic E-state index is 13.0. The second kappa shape index (κ2) is 6.73. The highest BCUT2D eigenvalue weighted by Gasteiger charge is 2.15. The van der Waals surface area contributed by atoms with E-state index in [9.17, 15) is 4.79 Å². The monoisotopic (exact) mass is 336 g/mol. The van der Waals surface area contributed by atoms with Crippen molar-refractivity contribution in [3.05, 3.63) is 65.1 Å². The topological polar surface area (TPSA) is 34.4 Å². The molecule has 4 rings (SSSR count). The molecule has 0 bridgehead atoms. The lowest BCUT2D eigenvalue weighted by molar-refractivity contribution is 0.0958. The number of rotatable bonds is 2. The van der Waals surface area contributed by atoms with E-state index < -0.39 is 0 Å². The fraction of sp³-hybridized carbons (Fsp3) is 0.300. The van der Waals surface area contributed by atoms with Gasteiger partial charge in [-0.2, -0.15) is 0 Å². The molecule has 1 aromatic carbocycles. The first-order valence-electron chi connectivity index (χ1n) is 8.56. The van der Waals surface area contributed by atoms with Gasteiger partial charge in [0.2, 0.25) is 0 Å². The summed E-state index contributed by atoms with van der Waals surface area (Å²) in [4.78, 5) is 18.6. The standard InChI is InChI=1S/C20H20N2OS/c23-20(18-14-15-8-4-5-11-17(15)24-18)22-13-7-6-12-19(22)21-16-9-2-1-3-10-16/h4-8,11-14,16H,1-3,9-10H2. The smallest absolute Gasteiger partial charge is 0.267 e. The van der Waals surface area contributed by atoms with Crippen LogP contribution in [0.3, 0.4) is 0 Å². The Morgan fingerprint density at radius 2 is 1.83 bits per heavy atom. The van der Waals surface area contributed by atoms with Crippen molar-refractivity contribution in [1.29, 1.82) is 0 Å². The predicted octanol–water partition coefficient (Wildman–Crippen LogP) is 4.62. The van der Waals surface area contributed by atoms with Gasteiger partial charge in [-0.25, -0.2) is 0 Å². The first-order valence-corrected chi connectivity index (χ1v) is 9.38. The summed E-state index contributed by atoms with van der Waals surface area (Å²) in [5, 5.41) is 1.12. The summed E-state index contributed by atoms with van der Waals surface area (Å²) in [6, 6.07) is 16.2.